The third-order valence-electron chi connectivity index (χ3n) is 6.30. The first-order valence-corrected chi connectivity index (χ1v) is 10.8. The van der Waals surface area contributed by atoms with Crippen LogP contribution < -0.4 is 9.47 Å². The number of hydrogen-bond acceptors (Lipinski definition) is 4. The molecular formula is C25H32O4. The summed E-state index contributed by atoms with van der Waals surface area (Å²) in [6.45, 7) is 9.68. The van der Waals surface area contributed by atoms with E-state index in [1.54, 1.807) is 0 Å². The summed E-state index contributed by atoms with van der Waals surface area (Å²) in [6, 6.07) is 14.9. The van der Waals surface area contributed by atoms with Gasteiger partial charge in [-0.1, -0.05) is 57.2 Å². The van der Waals surface area contributed by atoms with Crippen molar-refractivity contribution in [1.29, 1.82) is 0 Å². The van der Waals surface area contributed by atoms with E-state index in [2.05, 4.69) is 51.1 Å². The van der Waals surface area contributed by atoms with Gasteiger partial charge in [-0.15, -0.1) is 0 Å². The number of rotatable bonds is 11. The second-order valence-electron chi connectivity index (χ2n) is 8.38. The fourth-order valence-corrected chi connectivity index (χ4v) is 3.68. The average Bonchev–Trinajstić information content (AvgIpc) is 3.66. The molecule has 2 fully saturated rings. The summed E-state index contributed by atoms with van der Waals surface area (Å²) in [5.74, 6) is 1.95. The Morgan fingerprint density at radius 1 is 0.862 bits per heavy atom. The zero-order chi connectivity index (χ0) is 20.3. The highest BCUT2D eigenvalue weighted by Gasteiger charge is 2.30. The van der Waals surface area contributed by atoms with E-state index in [-0.39, 0.29) is 17.6 Å². The van der Waals surface area contributed by atoms with E-state index in [1.165, 1.54) is 16.7 Å². The first-order valence-electron chi connectivity index (χ1n) is 10.8. The third kappa shape index (κ3) is 4.93. The fraction of sp³-hybridized carbons (Fsp3) is 0.520. The van der Waals surface area contributed by atoms with Crippen LogP contribution in [0.4, 0.5) is 0 Å². The van der Waals surface area contributed by atoms with Crippen LogP contribution in [0.25, 0.3) is 0 Å². The average molecular weight is 397 g/mol. The molecule has 2 unspecified atom stereocenters. The molecule has 29 heavy (non-hydrogen) atoms. The second-order valence-corrected chi connectivity index (χ2v) is 8.38. The highest BCUT2D eigenvalue weighted by Crippen LogP contribution is 2.40. The highest BCUT2D eigenvalue weighted by atomic mass is 16.6. The van der Waals surface area contributed by atoms with Gasteiger partial charge in [0.15, 0.2) is 0 Å². The summed E-state index contributed by atoms with van der Waals surface area (Å²) in [5.41, 5.74) is 3.77. The molecule has 0 aliphatic carbocycles. The molecular weight excluding hydrogens is 364 g/mol. The van der Waals surface area contributed by atoms with Crippen molar-refractivity contribution < 1.29 is 18.9 Å². The molecule has 2 aliphatic rings. The van der Waals surface area contributed by atoms with Crippen LogP contribution >= 0.6 is 0 Å². The predicted octanol–water partition coefficient (Wildman–Crippen LogP) is 4.91. The van der Waals surface area contributed by atoms with Crippen LogP contribution in [0.5, 0.6) is 11.5 Å². The molecule has 156 valence electrons. The van der Waals surface area contributed by atoms with Crippen LogP contribution in [0.15, 0.2) is 42.5 Å². The molecule has 0 radical (unpaired) electrons. The molecule has 2 aromatic rings. The van der Waals surface area contributed by atoms with Crippen molar-refractivity contribution >= 4 is 0 Å². The number of benzene rings is 2. The lowest BCUT2D eigenvalue weighted by Crippen LogP contribution is -2.22. The van der Waals surface area contributed by atoms with Gasteiger partial charge in [0.25, 0.3) is 0 Å². The lowest BCUT2D eigenvalue weighted by Gasteiger charge is -2.30. The van der Waals surface area contributed by atoms with E-state index in [9.17, 15) is 0 Å². The van der Waals surface area contributed by atoms with Gasteiger partial charge >= 0.3 is 0 Å². The molecule has 2 aliphatic heterocycles. The zero-order valence-electron chi connectivity index (χ0n) is 17.8. The second kappa shape index (κ2) is 8.76. The fourth-order valence-electron chi connectivity index (χ4n) is 3.68. The zero-order valence-corrected chi connectivity index (χ0v) is 17.8. The summed E-state index contributed by atoms with van der Waals surface area (Å²) >= 11 is 0. The van der Waals surface area contributed by atoms with Gasteiger partial charge in [-0.2, -0.15) is 0 Å². The Morgan fingerprint density at radius 3 is 2.14 bits per heavy atom. The number of para-hydroxylation sites is 2. The number of ether oxygens (including phenoxy) is 4. The molecule has 4 nitrogen and oxygen atoms in total. The standard InChI is InChI=1S/C25H32O4/c1-4-25(3,5-2)22-11-8-10-19(24(22)29-17-21-15-27-21)13-18-9-6-7-12-23(18)28-16-20-14-26-20/h6-12,20-21H,4-5,13-17H2,1-3H3. The van der Waals surface area contributed by atoms with E-state index < -0.39 is 0 Å². The topological polar surface area (TPSA) is 43.5 Å². The summed E-state index contributed by atoms with van der Waals surface area (Å²) < 4.78 is 23.1. The van der Waals surface area contributed by atoms with Gasteiger partial charge < -0.3 is 18.9 Å². The van der Waals surface area contributed by atoms with Gasteiger partial charge in [0.2, 0.25) is 0 Å². The summed E-state index contributed by atoms with van der Waals surface area (Å²) in [6.07, 6.45) is 3.41. The largest absolute Gasteiger partial charge is 0.490 e. The van der Waals surface area contributed by atoms with Crippen LogP contribution in [0.2, 0.25) is 0 Å². The van der Waals surface area contributed by atoms with Crippen LogP contribution in [-0.4, -0.2) is 38.6 Å². The minimum atomic E-state index is 0.0923. The van der Waals surface area contributed by atoms with Crippen molar-refractivity contribution in [1.82, 2.24) is 0 Å². The Morgan fingerprint density at radius 2 is 1.48 bits per heavy atom. The van der Waals surface area contributed by atoms with E-state index in [0.29, 0.717) is 13.2 Å². The Bertz CT molecular complexity index is 819. The monoisotopic (exact) mass is 396 g/mol. The van der Waals surface area contributed by atoms with Crippen molar-refractivity contribution in [2.45, 2.75) is 57.7 Å². The quantitative estimate of drug-likeness (QED) is 0.506. The maximum atomic E-state index is 6.38. The molecule has 0 bridgehead atoms. The highest BCUT2D eigenvalue weighted by molar-refractivity contribution is 5.49. The minimum Gasteiger partial charge on any atom is -0.490 e. The Hall–Kier alpha value is -2.04. The molecule has 2 aromatic carbocycles. The van der Waals surface area contributed by atoms with Crippen LogP contribution in [0, 0.1) is 0 Å². The molecule has 2 heterocycles. The van der Waals surface area contributed by atoms with E-state index >= 15 is 0 Å². The van der Waals surface area contributed by atoms with Crippen LogP contribution in [0.1, 0.15) is 50.3 Å². The predicted molar refractivity (Wildman–Crippen MR) is 114 cm³/mol. The lowest BCUT2D eigenvalue weighted by atomic mass is 9.76. The molecule has 4 rings (SSSR count). The van der Waals surface area contributed by atoms with Crippen molar-refractivity contribution in [3.63, 3.8) is 0 Å². The minimum absolute atomic E-state index is 0.0923. The maximum Gasteiger partial charge on any atom is 0.126 e. The van der Waals surface area contributed by atoms with Gasteiger partial charge in [-0.25, -0.2) is 0 Å². The Labute approximate surface area is 174 Å². The van der Waals surface area contributed by atoms with Crippen molar-refractivity contribution in [3.8, 4) is 11.5 Å². The molecule has 0 aromatic heterocycles. The lowest BCUT2D eigenvalue weighted by molar-refractivity contribution is 0.253. The normalized spacial score (nSPS) is 20.4. The van der Waals surface area contributed by atoms with E-state index in [1.807, 2.05) is 12.1 Å². The molecule has 0 spiro atoms. The van der Waals surface area contributed by atoms with Gasteiger partial charge in [0, 0.05) is 12.0 Å². The van der Waals surface area contributed by atoms with Gasteiger partial charge in [0.1, 0.15) is 36.9 Å². The number of hydrogen-bond donors (Lipinski definition) is 0. The molecule has 0 saturated carbocycles. The summed E-state index contributed by atoms with van der Waals surface area (Å²) in [5, 5.41) is 0. The summed E-state index contributed by atoms with van der Waals surface area (Å²) in [4.78, 5) is 0. The first kappa shape index (κ1) is 20.2. The molecule has 2 atom stereocenters. The van der Waals surface area contributed by atoms with Crippen LogP contribution in [0.3, 0.4) is 0 Å². The molecule has 0 N–H and O–H groups in total. The SMILES string of the molecule is CCC(C)(CC)c1cccc(Cc2ccccc2OCC2CO2)c1OCC1CO1. The van der Waals surface area contributed by atoms with Crippen molar-refractivity contribution in [2.24, 2.45) is 0 Å². The smallest absolute Gasteiger partial charge is 0.126 e. The van der Waals surface area contributed by atoms with E-state index in [0.717, 1.165) is 44.0 Å². The van der Waals surface area contributed by atoms with Crippen LogP contribution in [-0.2, 0) is 21.3 Å². The van der Waals surface area contributed by atoms with Gasteiger partial charge in [0.05, 0.1) is 13.2 Å². The Balaban J connectivity index is 1.63. The summed E-state index contributed by atoms with van der Waals surface area (Å²) in [7, 11) is 0. The van der Waals surface area contributed by atoms with E-state index in [4.69, 9.17) is 18.9 Å². The van der Waals surface area contributed by atoms with Gasteiger partial charge in [-0.05, 0) is 35.4 Å². The van der Waals surface area contributed by atoms with Crippen molar-refractivity contribution in [2.75, 3.05) is 26.4 Å². The number of epoxide rings is 2. The molecule has 4 heteroatoms. The first-order chi connectivity index (χ1) is 14.1. The maximum absolute atomic E-state index is 6.38. The Kier molecular flexibility index (Phi) is 6.12. The van der Waals surface area contributed by atoms with Crippen molar-refractivity contribution in [3.05, 3.63) is 59.2 Å². The van der Waals surface area contributed by atoms with Gasteiger partial charge in [-0.3, -0.25) is 0 Å². The molecule has 0 amide bonds. The molecule has 2 saturated heterocycles. The third-order valence-corrected chi connectivity index (χ3v) is 6.30.